The predicted octanol–water partition coefficient (Wildman–Crippen LogP) is -1.20. The molecule has 0 spiro atoms. The minimum Gasteiger partial charge on any atom is -0.508 e. The van der Waals surface area contributed by atoms with Crippen LogP contribution in [0.2, 0.25) is 0 Å². The lowest BCUT2D eigenvalue weighted by Gasteiger charge is -2.44. The van der Waals surface area contributed by atoms with E-state index in [-0.39, 0.29) is 30.8 Å². The smallest absolute Gasteiger partial charge is 0.305 e. The molecule has 1 saturated heterocycles. The number of aryl methyl sites for hydroxylation is 1. The number of methoxy groups -OCH3 is 1. The van der Waals surface area contributed by atoms with Gasteiger partial charge in [0.05, 0.1) is 20.3 Å². The summed E-state index contributed by atoms with van der Waals surface area (Å²) in [5.41, 5.74) is -1.35. The maximum Gasteiger partial charge on any atom is 0.305 e. The zero-order valence-corrected chi connectivity index (χ0v) is 13.3. The van der Waals surface area contributed by atoms with Crippen LogP contribution in [0.15, 0.2) is 18.2 Å². The zero-order valence-electron chi connectivity index (χ0n) is 13.3. The highest BCUT2D eigenvalue weighted by atomic mass is 16.5. The van der Waals surface area contributed by atoms with Gasteiger partial charge in [-0.05, 0) is 29.7 Å². The number of hydrogen-bond acceptors (Lipinski definition) is 8. The number of aliphatic hydroxyl groups excluding tert-OH is 3. The van der Waals surface area contributed by atoms with Crippen molar-refractivity contribution in [2.45, 2.75) is 36.8 Å². The van der Waals surface area contributed by atoms with Crippen LogP contribution in [0, 0.1) is 0 Å². The monoisotopic (exact) mass is 342 g/mol. The molecular formula is C16H22O8. The Morgan fingerprint density at radius 1 is 1.42 bits per heavy atom. The lowest BCUT2D eigenvalue weighted by atomic mass is 9.79. The van der Waals surface area contributed by atoms with E-state index in [1.165, 1.54) is 25.3 Å². The number of phenols is 1. The van der Waals surface area contributed by atoms with Gasteiger partial charge in [0.2, 0.25) is 0 Å². The van der Waals surface area contributed by atoms with Gasteiger partial charge in [-0.25, -0.2) is 0 Å². The maximum absolute atomic E-state index is 11.3. The van der Waals surface area contributed by atoms with Gasteiger partial charge >= 0.3 is 5.97 Å². The van der Waals surface area contributed by atoms with Gasteiger partial charge in [-0.3, -0.25) is 4.79 Å². The number of hydrogen-bond donors (Lipinski definition) is 5. The summed E-state index contributed by atoms with van der Waals surface area (Å²) < 4.78 is 9.82. The molecule has 1 fully saturated rings. The molecule has 1 aromatic carbocycles. The third kappa shape index (κ3) is 3.52. The second kappa shape index (κ2) is 7.45. The Hall–Kier alpha value is -1.71. The van der Waals surface area contributed by atoms with Crippen LogP contribution in [0.4, 0.5) is 0 Å². The van der Waals surface area contributed by atoms with Crippen molar-refractivity contribution in [3.63, 3.8) is 0 Å². The summed E-state index contributed by atoms with van der Waals surface area (Å²) in [5, 5.41) is 50.1. The highest BCUT2D eigenvalue weighted by Crippen LogP contribution is 2.37. The SMILES string of the molecule is COC(=O)CCc1ccc(O)cc1[C@@]1(O)CO[C@H](CO)[C@@H](O)[C@@H]1O. The Balaban J connectivity index is 2.35. The first-order valence-electron chi connectivity index (χ1n) is 7.53. The van der Waals surface area contributed by atoms with Gasteiger partial charge in [0.15, 0.2) is 0 Å². The van der Waals surface area contributed by atoms with Crippen molar-refractivity contribution in [3.05, 3.63) is 29.3 Å². The van der Waals surface area contributed by atoms with Crippen molar-refractivity contribution >= 4 is 5.97 Å². The van der Waals surface area contributed by atoms with Gasteiger partial charge in [0, 0.05) is 6.42 Å². The van der Waals surface area contributed by atoms with Crippen LogP contribution >= 0.6 is 0 Å². The maximum atomic E-state index is 11.3. The van der Waals surface area contributed by atoms with E-state index in [0.717, 1.165) is 0 Å². The molecule has 8 heteroatoms. The topological polar surface area (TPSA) is 137 Å². The summed E-state index contributed by atoms with van der Waals surface area (Å²) >= 11 is 0. The molecule has 0 radical (unpaired) electrons. The Bertz CT molecular complexity index is 589. The van der Waals surface area contributed by atoms with E-state index in [0.29, 0.717) is 5.56 Å². The van der Waals surface area contributed by atoms with Crippen LogP contribution < -0.4 is 0 Å². The first-order valence-corrected chi connectivity index (χ1v) is 7.53. The summed E-state index contributed by atoms with van der Waals surface area (Å²) in [6, 6.07) is 4.16. The van der Waals surface area contributed by atoms with E-state index in [4.69, 9.17) is 9.84 Å². The number of ether oxygens (including phenoxy) is 2. The molecule has 134 valence electrons. The Labute approximate surface area is 138 Å². The molecule has 0 bridgehead atoms. The summed E-state index contributed by atoms with van der Waals surface area (Å²) in [5.74, 6) is -0.590. The number of benzene rings is 1. The zero-order chi connectivity index (χ0) is 17.9. The summed E-state index contributed by atoms with van der Waals surface area (Å²) in [7, 11) is 1.26. The molecule has 0 amide bonds. The standard InChI is InChI=1S/C16H22O8/c1-23-13(19)5-3-9-2-4-10(18)6-11(9)16(22)8-24-12(7-17)14(20)15(16)21/h2,4,6,12,14-15,17-18,20-22H,3,5,7-8H2,1H3/t12-,14-,15+,16+/m1/s1. The third-order valence-electron chi connectivity index (χ3n) is 4.28. The van der Waals surface area contributed by atoms with E-state index in [9.17, 15) is 25.2 Å². The molecular weight excluding hydrogens is 320 g/mol. The number of aromatic hydroxyl groups is 1. The fourth-order valence-corrected chi connectivity index (χ4v) is 2.83. The minimum absolute atomic E-state index is 0.0448. The fraction of sp³-hybridized carbons (Fsp3) is 0.562. The van der Waals surface area contributed by atoms with Crippen LogP contribution in [0.3, 0.4) is 0 Å². The van der Waals surface area contributed by atoms with E-state index in [1.807, 2.05) is 0 Å². The van der Waals surface area contributed by atoms with E-state index in [2.05, 4.69) is 4.74 Å². The normalized spacial score (nSPS) is 30.1. The van der Waals surface area contributed by atoms with Crippen LogP contribution in [-0.4, -0.2) is 70.1 Å². The molecule has 1 aliphatic rings. The van der Waals surface area contributed by atoms with E-state index >= 15 is 0 Å². The van der Waals surface area contributed by atoms with Gasteiger partial charge in [0.1, 0.15) is 29.7 Å². The molecule has 0 aromatic heterocycles. The average Bonchev–Trinajstić information content (AvgIpc) is 2.58. The van der Waals surface area contributed by atoms with Crippen molar-refractivity contribution in [2.24, 2.45) is 0 Å². The van der Waals surface area contributed by atoms with Crippen molar-refractivity contribution < 1.29 is 39.8 Å². The summed E-state index contributed by atoms with van der Waals surface area (Å²) in [6.45, 7) is -0.894. The molecule has 8 nitrogen and oxygen atoms in total. The highest BCUT2D eigenvalue weighted by Gasteiger charge is 2.50. The summed E-state index contributed by atoms with van der Waals surface area (Å²) in [6.07, 6.45) is -3.91. The predicted molar refractivity (Wildman–Crippen MR) is 81.2 cm³/mol. The molecule has 0 saturated carbocycles. The van der Waals surface area contributed by atoms with E-state index < -0.39 is 36.5 Å². The van der Waals surface area contributed by atoms with Crippen LogP contribution in [0.25, 0.3) is 0 Å². The molecule has 1 aromatic rings. The van der Waals surface area contributed by atoms with E-state index in [1.54, 1.807) is 0 Å². The Kier molecular flexibility index (Phi) is 5.79. The molecule has 2 rings (SSSR count). The number of esters is 1. The number of carbonyl (C=O) groups is 1. The van der Waals surface area contributed by atoms with Gasteiger partial charge in [-0.1, -0.05) is 6.07 Å². The van der Waals surface area contributed by atoms with Gasteiger partial charge in [-0.2, -0.15) is 0 Å². The molecule has 5 N–H and O–H groups in total. The Morgan fingerprint density at radius 2 is 2.12 bits per heavy atom. The number of aliphatic hydroxyl groups is 4. The molecule has 0 aliphatic carbocycles. The second-order valence-electron chi connectivity index (χ2n) is 5.81. The first kappa shape index (κ1) is 18.6. The van der Waals surface area contributed by atoms with Gasteiger partial charge in [-0.15, -0.1) is 0 Å². The molecule has 4 atom stereocenters. The van der Waals surface area contributed by atoms with Crippen molar-refractivity contribution in [1.29, 1.82) is 0 Å². The van der Waals surface area contributed by atoms with Crippen molar-refractivity contribution in [2.75, 3.05) is 20.3 Å². The van der Waals surface area contributed by atoms with Gasteiger partial charge < -0.3 is 35.0 Å². The number of carbonyl (C=O) groups excluding carboxylic acids is 1. The molecule has 1 heterocycles. The summed E-state index contributed by atoms with van der Waals surface area (Å²) in [4.78, 5) is 11.3. The molecule has 0 unspecified atom stereocenters. The van der Waals surface area contributed by atoms with Gasteiger partial charge in [0.25, 0.3) is 0 Å². The lowest BCUT2D eigenvalue weighted by Crippen LogP contribution is -2.60. The second-order valence-corrected chi connectivity index (χ2v) is 5.81. The average molecular weight is 342 g/mol. The number of rotatable bonds is 5. The fourth-order valence-electron chi connectivity index (χ4n) is 2.83. The molecule has 24 heavy (non-hydrogen) atoms. The minimum atomic E-state index is -1.99. The van der Waals surface area contributed by atoms with Crippen LogP contribution in [-0.2, 0) is 26.3 Å². The van der Waals surface area contributed by atoms with Crippen molar-refractivity contribution in [3.8, 4) is 5.75 Å². The Morgan fingerprint density at radius 3 is 2.75 bits per heavy atom. The van der Waals surface area contributed by atoms with Crippen LogP contribution in [0.1, 0.15) is 17.5 Å². The largest absolute Gasteiger partial charge is 0.508 e. The molecule has 1 aliphatic heterocycles. The quantitative estimate of drug-likeness (QED) is 0.421. The lowest BCUT2D eigenvalue weighted by molar-refractivity contribution is -0.245. The highest BCUT2D eigenvalue weighted by molar-refractivity contribution is 5.69. The third-order valence-corrected chi connectivity index (χ3v) is 4.28. The first-order chi connectivity index (χ1) is 11.3. The van der Waals surface area contributed by atoms with Crippen molar-refractivity contribution in [1.82, 2.24) is 0 Å². The van der Waals surface area contributed by atoms with Crippen LogP contribution in [0.5, 0.6) is 5.75 Å². The number of phenolic OH excluding ortho intramolecular Hbond substituents is 1.